The fourth-order valence-corrected chi connectivity index (χ4v) is 3.79. The molecule has 146 valence electrons. The van der Waals surface area contributed by atoms with E-state index in [-0.39, 0.29) is 0 Å². The van der Waals surface area contributed by atoms with Crippen LogP contribution < -0.4 is 4.90 Å². The predicted octanol–water partition coefficient (Wildman–Crippen LogP) is 4.20. The van der Waals surface area contributed by atoms with Crippen molar-refractivity contribution in [3.63, 3.8) is 0 Å². The molecule has 0 amide bonds. The number of piperidine rings is 1. The van der Waals surface area contributed by atoms with Gasteiger partial charge in [-0.3, -0.25) is 0 Å². The molecule has 0 radical (unpaired) electrons. The van der Waals surface area contributed by atoms with Gasteiger partial charge in [-0.2, -0.15) is 4.98 Å². The fourth-order valence-electron chi connectivity index (χ4n) is 3.66. The number of hydrogen-bond acceptors (Lipinski definition) is 6. The lowest BCUT2D eigenvalue weighted by Crippen LogP contribution is -2.31. The second-order valence-corrected chi connectivity index (χ2v) is 7.64. The molecule has 5 rings (SSSR count). The van der Waals surface area contributed by atoms with Crippen LogP contribution in [0.15, 0.2) is 42.7 Å². The molecule has 0 unspecified atom stereocenters. The summed E-state index contributed by atoms with van der Waals surface area (Å²) in [5.41, 5.74) is 3.60. The fraction of sp³-hybridized carbons (Fsp3) is 0.286. The van der Waals surface area contributed by atoms with Crippen LogP contribution in [0.4, 0.5) is 5.95 Å². The maximum Gasteiger partial charge on any atom is 0.252 e. The number of halogens is 1. The molecule has 4 aromatic rings. The lowest BCUT2D eigenvalue weighted by molar-refractivity contribution is 0.568. The van der Waals surface area contributed by atoms with Gasteiger partial charge in [-0.05, 0) is 56.5 Å². The van der Waals surface area contributed by atoms with Crippen molar-refractivity contribution in [1.29, 1.82) is 0 Å². The summed E-state index contributed by atoms with van der Waals surface area (Å²) in [6, 6.07) is 9.39. The molecule has 4 heterocycles. The van der Waals surface area contributed by atoms with Crippen molar-refractivity contribution < 1.29 is 0 Å². The van der Waals surface area contributed by atoms with E-state index in [4.69, 9.17) is 16.6 Å². The second kappa shape index (κ2) is 7.40. The van der Waals surface area contributed by atoms with Gasteiger partial charge < -0.3 is 4.90 Å². The second-order valence-electron chi connectivity index (χ2n) is 7.20. The topological polar surface area (TPSA) is 72.1 Å². The molecular formula is C21H20ClN7. The molecule has 0 aliphatic carbocycles. The van der Waals surface area contributed by atoms with Gasteiger partial charge in [-0.1, -0.05) is 11.6 Å². The van der Waals surface area contributed by atoms with Crippen LogP contribution in [-0.2, 0) is 0 Å². The molecular weight excluding hydrogens is 386 g/mol. The molecule has 0 saturated carbocycles. The highest BCUT2D eigenvalue weighted by Crippen LogP contribution is 2.25. The van der Waals surface area contributed by atoms with E-state index in [2.05, 4.69) is 25.0 Å². The zero-order chi connectivity index (χ0) is 19.8. The third-order valence-corrected chi connectivity index (χ3v) is 5.52. The Morgan fingerprint density at radius 2 is 1.72 bits per heavy atom. The molecule has 0 bridgehead atoms. The molecule has 29 heavy (non-hydrogen) atoms. The maximum absolute atomic E-state index is 5.99. The van der Waals surface area contributed by atoms with Crippen molar-refractivity contribution in [3.8, 4) is 22.6 Å². The summed E-state index contributed by atoms with van der Waals surface area (Å²) in [7, 11) is 0. The summed E-state index contributed by atoms with van der Waals surface area (Å²) in [6.07, 6.45) is 7.28. The molecule has 1 aromatic carbocycles. The summed E-state index contributed by atoms with van der Waals surface area (Å²) in [4.78, 5) is 20.6. The zero-order valence-corrected chi connectivity index (χ0v) is 16.8. The Labute approximate surface area is 173 Å². The first-order valence-corrected chi connectivity index (χ1v) is 10.1. The van der Waals surface area contributed by atoms with Gasteiger partial charge in [-0.25, -0.2) is 19.5 Å². The third kappa shape index (κ3) is 3.42. The van der Waals surface area contributed by atoms with Gasteiger partial charge in [0.25, 0.3) is 5.78 Å². The zero-order valence-electron chi connectivity index (χ0n) is 16.1. The minimum Gasteiger partial charge on any atom is -0.341 e. The molecule has 7 nitrogen and oxygen atoms in total. The summed E-state index contributed by atoms with van der Waals surface area (Å²) in [6.45, 7) is 4.02. The van der Waals surface area contributed by atoms with E-state index in [1.807, 2.05) is 49.6 Å². The van der Waals surface area contributed by atoms with Crippen LogP contribution in [0.5, 0.6) is 0 Å². The SMILES string of the molecule is Cc1c(-c2ccnc(N3CCCCC3)n2)cnc2nc(-c3ccc(Cl)cc3)nn12. The molecule has 0 atom stereocenters. The quantitative estimate of drug-likeness (QED) is 0.508. The minimum atomic E-state index is 0.557. The van der Waals surface area contributed by atoms with Crippen LogP contribution in [0.2, 0.25) is 5.02 Å². The Morgan fingerprint density at radius 1 is 0.931 bits per heavy atom. The van der Waals surface area contributed by atoms with Gasteiger partial charge in [0.2, 0.25) is 5.95 Å². The standard InChI is InChI=1S/C21H20ClN7/c1-14-17(18-9-10-23-20(25-18)28-11-3-2-4-12-28)13-24-21-26-19(27-29(14)21)15-5-7-16(22)8-6-15/h5-10,13H,2-4,11-12H2,1H3. The van der Waals surface area contributed by atoms with E-state index in [1.54, 1.807) is 4.52 Å². The monoisotopic (exact) mass is 405 g/mol. The van der Waals surface area contributed by atoms with Crippen molar-refractivity contribution in [2.75, 3.05) is 18.0 Å². The highest BCUT2D eigenvalue weighted by molar-refractivity contribution is 6.30. The highest BCUT2D eigenvalue weighted by Gasteiger charge is 2.17. The summed E-state index contributed by atoms with van der Waals surface area (Å²) in [5, 5.41) is 5.34. The maximum atomic E-state index is 5.99. The Morgan fingerprint density at radius 3 is 2.52 bits per heavy atom. The van der Waals surface area contributed by atoms with Gasteiger partial charge in [0, 0.05) is 41.6 Å². The number of fused-ring (bicyclic) bond motifs is 1. The highest BCUT2D eigenvalue weighted by atomic mass is 35.5. The van der Waals surface area contributed by atoms with E-state index >= 15 is 0 Å². The molecule has 8 heteroatoms. The number of rotatable bonds is 3. The number of aromatic nitrogens is 6. The smallest absolute Gasteiger partial charge is 0.252 e. The molecule has 1 fully saturated rings. The average Bonchev–Trinajstić information content (AvgIpc) is 3.21. The van der Waals surface area contributed by atoms with Gasteiger partial charge in [0.15, 0.2) is 5.82 Å². The van der Waals surface area contributed by atoms with Crippen LogP contribution >= 0.6 is 11.6 Å². The molecule has 1 aliphatic heterocycles. The first-order valence-electron chi connectivity index (χ1n) is 9.76. The van der Waals surface area contributed by atoms with Crippen molar-refractivity contribution in [3.05, 3.63) is 53.4 Å². The van der Waals surface area contributed by atoms with Crippen molar-refractivity contribution in [2.24, 2.45) is 0 Å². The molecule has 0 spiro atoms. The largest absolute Gasteiger partial charge is 0.341 e. The Kier molecular flexibility index (Phi) is 4.60. The summed E-state index contributed by atoms with van der Waals surface area (Å²) >= 11 is 5.99. The number of anilines is 1. The Balaban J connectivity index is 1.54. The van der Waals surface area contributed by atoms with E-state index in [9.17, 15) is 0 Å². The summed E-state index contributed by atoms with van der Waals surface area (Å²) in [5.74, 6) is 1.95. The van der Waals surface area contributed by atoms with Crippen LogP contribution in [0.3, 0.4) is 0 Å². The van der Waals surface area contributed by atoms with Crippen molar-refractivity contribution >= 4 is 23.3 Å². The van der Waals surface area contributed by atoms with Gasteiger partial charge in [-0.15, -0.1) is 5.10 Å². The molecule has 3 aromatic heterocycles. The average molecular weight is 406 g/mol. The Hall–Kier alpha value is -3.06. The van der Waals surface area contributed by atoms with Gasteiger partial charge in [0.1, 0.15) is 0 Å². The summed E-state index contributed by atoms with van der Waals surface area (Å²) < 4.78 is 1.77. The van der Waals surface area contributed by atoms with Crippen molar-refractivity contribution in [1.82, 2.24) is 29.5 Å². The van der Waals surface area contributed by atoms with Crippen LogP contribution in [-0.4, -0.2) is 42.6 Å². The van der Waals surface area contributed by atoms with Crippen LogP contribution in [0.1, 0.15) is 25.0 Å². The van der Waals surface area contributed by atoms with E-state index in [0.29, 0.717) is 16.6 Å². The molecule has 1 aliphatic rings. The van der Waals surface area contributed by atoms with Gasteiger partial charge in [0.05, 0.1) is 11.4 Å². The Bertz CT molecular complexity index is 1160. The normalized spacial score (nSPS) is 14.5. The number of hydrogen-bond donors (Lipinski definition) is 0. The lowest BCUT2D eigenvalue weighted by atomic mass is 10.1. The number of aryl methyl sites for hydroxylation is 1. The van der Waals surface area contributed by atoms with Crippen LogP contribution in [0, 0.1) is 6.92 Å². The van der Waals surface area contributed by atoms with Gasteiger partial charge >= 0.3 is 0 Å². The third-order valence-electron chi connectivity index (χ3n) is 5.27. The lowest BCUT2D eigenvalue weighted by Gasteiger charge is -2.26. The predicted molar refractivity (Wildman–Crippen MR) is 113 cm³/mol. The molecule has 0 N–H and O–H groups in total. The first-order chi connectivity index (χ1) is 14.2. The van der Waals surface area contributed by atoms with E-state index in [1.165, 1.54) is 19.3 Å². The number of benzene rings is 1. The van der Waals surface area contributed by atoms with Crippen LogP contribution in [0.25, 0.3) is 28.4 Å². The molecule has 1 saturated heterocycles. The van der Waals surface area contributed by atoms with Crippen molar-refractivity contribution in [2.45, 2.75) is 26.2 Å². The minimum absolute atomic E-state index is 0.557. The first kappa shape index (κ1) is 18.0. The number of nitrogens with zero attached hydrogens (tertiary/aromatic N) is 7. The van der Waals surface area contributed by atoms with E-state index < -0.39 is 0 Å². The van der Waals surface area contributed by atoms with E-state index in [0.717, 1.165) is 41.6 Å².